The lowest BCUT2D eigenvalue weighted by Gasteiger charge is -2.05. The molecule has 13 heavy (non-hydrogen) atoms. The van der Waals surface area contributed by atoms with Crippen LogP contribution < -0.4 is 0 Å². The molecular formula is C4H14O5Si4. The fourth-order valence-corrected chi connectivity index (χ4v) is 5.36. The summed E-state index contributed by atoms with van der Waals surface area (Å²) in [4.78, 5) is 10.8. The lowest BCUT2D eigenvalue weighted by atomic mass is 10.4. The van der Waals surface area contributed by atoms with Crippen molar-refractivity contribution in [3.63, 3.8) is 0 Å². The molecular weight excluding hydrogens is 240 g/mol. The molecule has 0 aromatic rings. The molecule has 5 nitrogen and oxygen atoms in total. The summed E-state index contributed by atoms with van der Waals surface area (Å²) in [5.74, 6) is -0.378. The van der Waals surface area contributed by atoms with Crippen molar-refractivity contribution in [3.05, 3.63) is 12.2 Å². The fraction of sp³-hybridized carbons (Fsp3) is 0.250. The Labute approximate surface area is 87.5 Å². The number of carbonyl (C=O) groups excluding carboxylic acids is 1. The summed E-state index contributed by atoms with van der Waals surface area (Å²) < 4.78 is 19.9. The molecule has 0 aliphatic heterocycles. The van der Waals surface area contributed by atoms with Crippen LogP contribution in [-0.2, 0) is 21.6 Å². The SMILES string of the molecule is C=C(C)C(=O)O[SiH2]O[SiH2]O[SiH2]O[SiH3]. The first kappa shape index (κ1) is 13.0. The van der Waals surface area contributed by atoms with Gasteiger partial charge in [-0.1, -0.05) is 6.58 Å². The first-order chi connectivity index (χ1) is 6.18. The Hall–Kier alpha value is -0.0425. The maximum Gasteiger partial charge on any atom is 0.360 e. The Balaban J connectivity index is 3.16. The van der Waals surface area contributed by atoms with Gasteiger partial charge in [-0.05, 0) is 6.92 Å². The quantitative estimate of drug-likeness (QED) is 0.267. The molecule has 0 N–H and O–H groups in total. The third-order valence-electron chi connectivity index (χ3n) is 0.990. The average molecular weight is 254 g/mol. The molecule has 9 heteroatoms. The van der Waals surface area contributed by atoms with Crippen molar-refractivity contribution in [1.82, 2.24) is 0 Å². The van der Waals surface area contributed by atoms with Gasteiger partial charge >= 0.3 is 16.0 Å². The van der Waals surface area contributed by atoms with E-state index in [1.807, 2.05) is 0 Å². The molecule has 76 valence electrons. The summed E-state index contributed by atoms with van der Waals surface area (Å²) in [5.41, 5.74) is 0.399. The molecule has 0 fully saturated rings. The zero-order valence-corrected chi connectivity index (χ0v) is 14.1. The highest BCUT2D eigenvalue weighted by Crippen LogP contribution is 1.89. The van der Waals surface area contributed by atoms with Crippen LogP contribution in [0.4, 0.5) is 0 Å². The van der Waals surface area contributed by atoms with Gasteiger partial charge in [0.1, 0.15) is 10.5 Å². The van der Waals surface area contributed by atoms with Gasteiger partial charge in [-0.3, -0.25) is 0 Å². The third-order valence-corrected chi connectivity index (χ3v) is 4.98. The topological polar surface area (TPSA) is 54.0 Å². The van der Waals surface area contributed by atoms with Crippen LogP contribution in [0.1, 0.15) is 6.92 Å². The maximum atomic E-state index is 10.8. The second-order valence-electron chi connectivity index (χ2n) is 2.26. The van der Waals surface area contributed by atoms with Crippen LogP contribution in [0.5, 0.6) is 0 Å². The molecule has 0 aromatic heterocycles. The summed E-state index contributed by atoms with van der Waals surface area (Å²) in [6.07, 6.45) is 0. The summed E-state index contributed by atoms with van der Waals surface area (Å²) >= 11 is 0. The first-order valence-electron chi connectivity index (χ1n) is 3.65. The van der Waals surface area contributed by atoms with Gasteiger partial charge in [-0.25, -0.2) is 4.79 Å². The predicted octanol–water partition coefficient (Wildman–Crippen LogP) is -3.57. The highest BCUT2D eigenvalue weighted by Gasteiger charge is 2.02. The minimum absolute atomic E-state index is 0.378. The lowest BCUT2D eigenvalue weighted by Crippen LogP contribution is -2.17. The van der Waals surface area contributed by atoms with Crippen LogP contribution in [0.2, 0.25) is 0 Å². The van der Waals surface area contributed by atoms with Gasteiger partial charge in [-0.15, -0.1) is 0 Å². The van der Waals surface area contributed by atoms with E-state index < -0.39 is 30.0 Å². The molecule has 0 atom stereocenters. The van der Waals surface area contributed by atoms with Gasteiger partial charge in [0.05, 0.1) is 0 Å². The first-order valence-corrected chi connectivity index (χ1v) is 7.93. The lowest BCUT2D eigenvalue weighted by molar-refractivity contribution is -0.130. The molecule has 0 spiro atoms. The van der Waals surface area contributed by atoms with Crippen molar-refractivity contribution in [2.24, 2.45) is 0 Å². The van der Waals surface area contributed by atoms with Gasteiger partial charge in [0.2, 0.25) is 0 Å². The normalized spacial score (nSPS) is 12.7. The van der Waals surface area contributed by atoms with Gasteiger partial charge < -0.3 is 16.8 Å². The molecule has 0 aliphatic rings. The van der Waals surface area contributed by atoms with Crippen LogP contribution in [0.3, 0.4) is 0 Å². The van der Waals surface area contributed by atoms with Crippen molar-refractivity contribution >= 4 is 46.5 Å². The van der Waals surface area contributed by atoms with Gasteiger partial charge in [0, 0.05) is 5.57 Å². The molecule has 0 saturated heterocycles. The minimum Gasteiger partial charge on any atom is -0.497 e. The Morgan fingerprint density at radius 3 is 2.46 bits per heavy atom. The second-order valence-corrected chi connectivity index (χ2v) is 8.83. The Kier molecular flexibility index (Phi) is 8.52. The molecule has 0 heterocycles. The van der Waals surface area contributed by atoms with Crippen LogP contribution in [0.25, 0.3) is 0 Å². The highest BCUT2D eigenvalue weighted by molar-refractivity contribution is 6.43. The van der Waals surface area contributed by atoms with Gasteiger partial charge in [0.15, 0.2) is 0 Å². The molecule has 0 aromatic carbocycles. The van der Waals surface area contributed by atoms with Gasteiger partial charge in [-0.2, -0.15) is 0 Å². The van der Waals surface area contributed by atoms with E-state index in [0.29, 0.717) is 5.57 Å². The van der Waals surface area contributed by atoms with Crippen LogP contribution in [0, 0.1) is 0 Å². The van der Waals surface area contributed by atoms with Crippen molar-refractivity contribution in [1.29, 1.82) is 0 Å². The van der Waals surface area contributed by atoms with Crippen molar-refractivity contribution in [2.75, 3.05) is 0 Å². The smallest absolute Gasteiger partial charge is 0.360 e. The highest BCUT2D eigenvalue weighted by atomic mass is 28.4. The largest absolute Gasteiger partial charge is 0.497 e. The van der Waals surface area contributed by atoms with Crippen LogP contribution in [0.15, 0.2) is 12.2 Å². The second kappa shape index (κ2) is 8.55. The summed E-state index contributed by atoms with van der Waals surface area (Å²) in [7, 11) is -2.21. The van der Waals surface area contributed by atoms with E-state index in [4.69, 9.17) is 16.8 Å². The van der Waals surface area contributed by atoms with E-state index in [2.05, 4.69) is 6.58 Å². The summed E-state index contributed by atoms with van der Waals surface area (Å²) in [5, 5.41) is 0. The number of hydrogen-bond donors (Lipinski definition) is 0. The summed E-state index contributed by atoms with van der Waals surface area (Å²) in [6, 6.07) is 0. The van der Waals surface area contributed by atoms with E-state index in [1.165, 1.54) is 0 Å². The average Bonchev–Trinajstić information content (AvgIpc) is 2.10. The zero-order valence-electron chi connectivity index (χ0n) is 7.87. The third kappa shape index (κ3) is 8.29. The molecule has 0 aliphatic carbocycles. The van der Waals surface area contributed by atoms with Crippen LogP contribution in [-0.4, -0.2) is 46.5 Å². The van der Waals surface area contributed by atoms with E-state index in [-0.39, 0.29) is 5.97 Å². The number of carbonyl (C=O) groups is 1. The Morgan fingerprint density at radius 1 is 1.31 bits per heavy atom. The molecule has 0 rings (SSSR count). The standard InChI is InChI=1S/C4H14O5Si4/c1-3(2)4(5)6-11-8-13-9-12-7-10/h1,11-13H2,2,10H3. The molecule has 0 unspecified atom stereocenters. The zero-order chi connectivity index (χ0) is 10.1. The van der Waals surface area contributed by atoms with Crippen molar-refractivity contribution < 1.29 is 21.6 Å². The van der Waals surface area contributed by atoms with Crippen molar-refractivity contribution in [3.8, 4) is 0 Å². The van der Waals surface area contributed by atoms with E-state index in [0.717, 1.165) is 10.5 Å². The van der Waals surface area contributed by atoms with E-state index in [9.17, 15) is 4.79 Å². The maximum absolute atomic E-state index is 10.8. The summed E-state index contributed by atoms with van der Waals surface area (Å²) in [6.45, 7) is 5.05. The van der Waals surface area contributed by atoms with E-state index in [1.54, 1.807) is 6.92 Å². The Bertz CT molecular complexity index is 174. The molecule has 0 amide bonds. The number of hydrogen-bond acceptors (Lipinski definition) is 5. The fourth-order valence-electron chi connectivity index (χ4n) is 0.429. The Morgan fingerprint density at radius 2 is 1.92 bits per heavy atom. The molecule has 0 bridgehead atoms. The van der Waals surface area contributed by atoms with Gasteiger partial charge in [0.25, 0.3) is 20.0 Å². The number of rotatable bonds is 7. The minimum atomic E-state index is -1.20. The molecule has 0 radical (unpaired) electrons. The molecule has 0 saturated carbocycles. The monoisotopic (exact) mass is 254 g/mol. The predicted molar refractivity (Wildman–Crippen MR) is 59.7 cm³/mol. The van der Waals surface area contributed by atoms with Crippen LogP contribution >= 0.6 is 0 Å². The van der Waals surface area contributed by atoms with Crippen molar-refractivity contribution in [2.45, 2.75) is 6.92 Å². The van der Waals surface area contributed by atoms with E-state index >= 15 is 0 Å².